The number of rotatable bonds is 4. The first-order chi connectivity index (χ1) is 11.8. The van der Waals surface area contributed by atoms with Crippen molar-refractivity contribution in [2.24, 2.45) is 5.73 Å². The second-order valence-corrected chi connectivity index (χ2v) is 6.52. The molecule has 0 spiro atoms. The third kappa shape index (κ3) is 3.11. The van der Waals surface area contributed by atoms with Gasteiger partial charge in [0, 0.05) is 42.9 Å². The molecule has 0 unspecified atom stereocenters. The van der Waals surface area contributed by atoms with Gasteiger partial charge in [0.25, 0.3) is 0 Å². The average molecular weight is 318 g/mol. The van der Waals surface area contributed by atoms with Crippen molar-refractivity contribution in [1.82, 2.24) is 15.1 Å². The number of nitrogens with zero attached hydrogens (tertiary/aromatic N) is 2. The van der Waals surface area contributed by atoms with E-state index >= 15 is 0 Å². The number of likely N-dealkylation sites (tertiary alicyclic amines) is 1. The molecule has 3 aromatic rings. The van der Waals surface area contributed by atoms with Crippen molar-refractivity contribution < 1.29 is 0 Å². The summed E-state index contributed by atoms with van der Waals surface area (Å²) < 4.78 is 0. The Morgan fingerprint density at radius 2 is 1.71 bits per heavy atom. The smallest absolute Gasteiger partial charge is 0.0924 e. The number of benzene rings is 2. The number of aromatic nitrogens is 2. The fraction of sp³-hybridized carbons (Fsp3) is 0.250. The molecular formula is C20H22N4. The van der Waals surface area contributed by atoms with Gasteiger partial charge in [-0.15, -0.1) is 0 Å². The summed E-state index contributed by atoms with van der Waals surface area (Å²) in [7, 11) is 0. The zero-order valence-corrected chi connectivity index (χ0v) is 13.6. The van der Waals surface area contributed by atoms with E-state index in [0.29, 0.717) is 5.92 Å². The van der Waals surface area contributed by atoms with Gasteiger partial charge in [-0.25, -0.2) is 0 Å². The van der Waals surface area contributed by atoms with Crippen LogP contribution in [0.2, 0.25) is 0 Å². The van der Waals surface area contributed by atoms with E-state index in [1.54, 1.807) is 0 Å². The van der Waals surface area contributed by atoms with Crippen LogP contribution in [-0.2, 0) is 6.54 Å². The van der Waals surface area contributed by atoms with Crippen molar-refractivity contribution >= 4 is 0 Å². The van der Waals surface area contributed by atoms with Gasteiger partial charge in [0.1, 0.15) is 0 Å². The van der Waals surface area contributed by atoms with Gasteiger partial charge in [-0.3, -0.25) is 10.00 Å². The van der Waals surface area contributed by atoms with Gasteiger partial charge in [0.15, 0.2) is 0 Å². The molecule has 4 rings (SSSR count). The number of H-pyrrole nitrogens is 1. The zero-order valence-electron chi connectivity index (χ0n) is 13.6. The third-order valence-electron chi connectivity index (χ3n) is 4.76. The molecule has 24 heavy (non-hydrogen) atoms. The molecule has 0 amide bonds. The Morgan fingerprint density at radius 3 is 2.46 bits per heavy atom. The van der Waals surface area contributed by atoms with Crippen molar-refractivity contribution in [3.63, 3.8) is 0 Å². The number of hydrogen-bond donors (Lipinski definition) is 2. The summed E-state index contributed by atoms with van der Waals surface area (Å²) in [6, 6.07) is 23.2. The monoisotopic (exact) mass is 318 g/mol. The Kier molecular flexibility index (Phi) is 4.15. The maximum atomic E-state index is 6.38. The van der Waals surface area contributed by atoms with E-state index in [-0.39, 0.29) is 6.04 Å². The summed E-state index contributed by atoms with van der Waals surface area (Å²) in [4.78, 5) is 2.41. The topological polar surface area (TPSA) is 57.9 Å². The lowest BCUT2D eigenvalue weighted by atomic mass is 9.95. The maximum absolute atomic E-state index is 6.38. The molecule has 1 aliphatic heterocycles. The first-order valence-corrected chi connectivity index (χ1v) is 8.42. The molecule has 0 aliphatic carbocycles. The van der Waals surface area contributed by atoms with Crippen LogP contribution in [0.3, 0.4) is 0 Å². The van der Waals surface area contributed by atoms with Gasteiger partial charge in [-0.1, -0.05) is 60.7 Å². The van der Waals surface area contributed by atoms with Crippen LogP contribution in [0.15, 0.2) is 66.7 Å². The van der Waals surface area contributed by atoms with E-state index in [9.17, 15) is 0 Å². The number of aromatic amines is 1. The normalized spacial score (nSPS) is 21.2. The first kappa shape index (κ1) is 15.1. The molecule has 3 N–H and O–H groups in total. The van der Waals surface area contributed by atoms with Crippen LogP contribution >= 0.6 is 0 Å². The van der Waals surface area contributed by atoms with Crippen LogP contribution < -0.4 is 5.73 Å². The highest BCUT2D eigenvalue weighted by Crippen LogP contribution is 2.27. The van der Waals surface area contributed by atoms with Gasteiger partial charge in [-0.2, -0.15) is 5.10 Å². The first-order valence-electron chi connectivity index (χ1n) is 8.42. The highest BCUT2D eigenvalue weighted by atomic mass is 15.2. The summed E-state index contributed by atoms with van der Waals surface area (Å²) >= 11 is 0. The molecule has 2 heterocycles. The summed E-state index contributed by atoms with van der Waals surface area (Å²) in [6.45, 7) is 2.76. The van der Waals surface area contributed by atoms with Gasteiger partial charge in [0.2, 0.25) is 0 Å². The Bertz CT molecular complexity index is 782. The van der Waals surface area contributed by atoms with E-state index in [1.807, 2.05) is 18.2 Å². The van der Waals surface area contributed by atoms with E-state index in [4.69, 9.17) is 5.73 Å². The molecule has 0 radical (unpaired) electrons. The molecule has 4 heteroatoms. The minimum atomic E-state index is 0.184. The molecule has 1 aromatic heterocycles. The quantitative estimate of drug-likeness (QED) is 0.777. The number of hydrogen-bond acceptors (Lipinski definition) is 3. The number of nitrogens with two attached hydrogens (primary N) is 1. The Balaban J connectivity index is 1.44. The summed E-state index contributed by atoms with van der Waals surface area (Å²) in [5.41, 5.74) is 11.0. The fourth-order valence-corrected chi connectivity index (χ4v) is 3.54. The largest absolute Gasteiger partial charge is 0.326 e. The predicted molar refractivity (Wildman–Crippen MR) is 96.5 cm³/mol. The molecule has 0 saturated carbocycles. The minimum Gasteiger partial charge on any atom is -0.326 e. The molecule has 1 saturated heterocycles. The van der Waals surface area contributed by atoms with Crippen molar-refractivity contribution in [3.8, 4) is 11.3 Å². The van der Waals surface area contributed by atoms with E-state index in [2.05, 4.69) is 63.6 Å². The van der Waals surface area contributed by atoms with Crippen molar-refractivity contribution in [1.29, 1.82) is 0 Å². The highest BCUT2D eigenvalue weighted by molar-refractivity contribution is 5.58. The molecular weight excluding hydrogens is 296 g/mol. The van der Waals surface area contributed by atoms with Gasteiger partial charge in [0.05, 0.1) is 5.69 Å². The Hall–Kier alpha value is -2.43. The SMILES string of the molecule is N[C@@H]1CN(Cc2cc(-c3ccccc3)n[nH]2)C[C@H]1c1ccccc1. The lowest BCUT2D eigenvalue weighted by Gasteiger charge is -2.15. The van der Waals surface area contributed by atoms with E-state index in [0.717, 1.165) is 36.6 Å². The molecule has 2 aromatic carbocycles. The molecule has 4 nitrogen and oxygen atoms in total. The Labute approximate surface area is 142 Å². The second-order valence-electron chi connectivity index (χ2n) is 6.52. The van der Waals surface area contributed by atoms with Crippen molar-refractivity contribution in [2.45, 2.75) is 18.5 Å². The molecule has 122 valence electrons. The van der Waals surface area contributed by atoms with Crippen molar-refractivity contribution in [2.75, 3.05) is 13.1 Å². The predicted octanol–water partition coefficient (Wildman–Crippen LogP) is 3.00. The fourth-order valence-electron chi connectivity index (χ4n) is 3.54. The van der Waals surface area contributed by atoms with E-state index in [1.165, 1.54) is 5.56 Å². The lowest BCUT2D eigenvalue weighted by molar-refractivity contribution is 0.319. The van der Waals surface area contributed by atoms with Crippen LogP contribution in [0.4, 0.5) is 0 Å². The summed E-state index contributed by atoms with van der Waals surface area (Å²) in [6.07, 6.45) is 0. The molecule has 1 fully saturated rings. The van der Waals surface area contributed by atoms with Gasteiger partial charge in [-0.05, 0) is 11.6 Å². The Morgan fingerprint density at radius 1 is 1.00 bits per heavy atom. The molecule has 0 bridgehead atoms. The maximum Gasteiger partial charge on any atom is 0.0924 e. The van der Waals surface area contributed by atoms with Gasteiger partial charge >= 0.3 is 0 Å². The zero-order chi connectivity index (χ0) is 16.4. The van der Waals surface area contributed by atoms with Crippen LogP contribution in [0.25, 0.3) is 11.3 Å². The molecule has 1 aliphatic rings. The van der Waals surface area contributed by atoms with E-state index < -0.39 is 0 Å². The van der Waals surface area contributed by atoms with Crippen LogP contribution in [-0.4, -0.2) is 34.2 Å². The minimum absolute atomic E-state index is 0.184. The average Bonchev–Trinajstić information content (AvgIpc) is 3.23. The van der Waals surface area contributed by atoms with Crippen LogP contribution in [0.1, 0.15) is 17.2 Å². The highest BCUT2D eigenvalue weighted by Gasteiger charge is 2.31. The summed E-state index contributed by atoms with van der Waals surface area (Å²) in [5, 5.41) is 7.61. The molecule has 2 atom stereocenters. The third-order valence-corrected chi connectivity index (χ3v) is 4.76. The summed E-state index contributed by atoms with van der Waals surface area (Å²) in [5.74, 6) is 0.405. The van der Waals surface area contributed by atoms with Crippen LogP contribution in [0.5, 0.6) is 0 Å². The second kappa shape index (κ2) is 6.59. The number of nitrogens with one attached hydrogen (secondary N) is 1. The van der Waals surface area contributed by atoms with Gasteiger partial charge < -0.3 is 5.73 Å². The van der Waals surface area contributed by atoms with Crippen LogP contribution in [0, 0.1) is 0 Å². The van der Waals surface area contributed by atoms with Crippen molar-refractivity contribution in [3.05, 3.63) is 78.0 Å². The lowest BCUT2D eigenvalue weighted by Crippen LogP contribution is -2.28. The standard InChI is InChI=1S/C20H22N4/c21-19-14-24(13-18(19)15-7-3-1-4-8-15)12-17-11-20(23-22-17)16-9-5-2-6-10-16/h1-11,18-19H,12-14,21H2,(H,22,23)/t18-,19+/m0/s1.